The molecule has 0 aromatic heterocycles. The molecule has 0 aliphatic carbocycles. The zero-order valence-corrected chi connectivity index (χ0v) is 11.2. The molecule has 4 nitrogen and oxygen atoms in total. The number of sulfone groups is 1. The third-order valence-corrected chi connectivity index (χ3v) is 6.41. The standard InChI is InChI=1S/C10H20N2O2S2/c11-9-10(12-3-5-15-6-4-12)1-7-16(13,14)8-2-10/h1-9,11H2. The molecule has 0 unspecified atom stereocenters. The molecule has 2 fully saturated rings. The second kappa shape index (κ2) is 4.84. The van der Waals surface area contributed by atoms with Gasteiger partial charge in [-0.15, -0.1) is 0 Å². The quantitative estimate of drug-likeness (QED) is 0.757. The Kier molecular flexibility index (Phi) is 3.83. The van der Waals surface area contributed by atoms with Gasteiger partial charge in [-0.2, -0.15) is 11.8 Å². The first-order chi connectivity index (χ1) is 7.58. The van der Waals surface area contributed by atoms with Crippen LogP contribution in [0.3, 0.4) is 0 Å². The summed E-state index contributed by atoms with van der Waals surface area (Å²) in [4.78, 5) is 2.43. The van der Waals surface area contributed by atoms with Crippen molar-refractivity contribution in [2.24, 2.45) is 5.73 Å². The average molecular weight is 264 g/mol. The van der Waals surface area contributed by atoms with E-state index < -0.39 is 9.84 Å². The topological polar surface area (TPSA) is 63.4 Å². The van der Waals surface area contributed by atoms with Gasteiger partial charge in [-0.1, -0.05) is 0 Å². The number of hydrogen-bond donors (Lipinski definition) is 1. The Balaban J connectivity index is 2.08. The molecule has 0 aromatic carbocycles. The summed E-state index contributed by atoms with van der Waals surface area (Å²) in [7, 11) is -2.79. The largest absolute Gasteiger partial charge is 0.329 e. The SMILES string of the molecule is NCC1(N2CCSCC2)CCS(=O)(=O)CC1. The first-order valence-electron chi connectivity index (χ1n) is 5.81. The van der Waals surface area contributed by atoms with Crippen LogP contribution >= 0.6 is 11.8 Å². The van der Waals surface area contributed by atoms with Gasteiger partial charge in [-0.25, -0.2) is 8.42 Å². The number of nitrogens with two attached hydrogens (primary N) is 1. The van der Waals surface area contributed by atoms with Gasteiger partial charge < -0.3 is 5.73 Å². The molecular weight excluding hydrogens is 244 g/mol. The van der Waals surface area contributed by atoms with E-state index in [4.69, 9.17) is 5.73 Å². The summed E-state index contributed by atoms with van der Waals surface area (Å²) in [6, 6.07) is 0. The van der Waals surface area contributed by atoms with Crippen molar-refractivity contribution < 1.29 is 8.42 Å². The second-order valence-electron chi connectivity index (χ2n) is 4.68. The van der Waals surface area contributed by atoms with Crippen molar-refractivity contribution >= 4 is 21.6 Å². The summed E-state index contributed by atoms with van der Waals surface area (Å²) in [5.41, 5.74) is 5.88. The second-order valence-corrected chi connectivity index (χ2v) is 8.21. The maximum Gasteiger partial charge on any atom is 0.150 e. The van der Waals surface area contributed by atoms with Crippen LogP contribution in [0.4, 0.5) is 0 Å². The predicted octanol–water partition coefficient (Wildman–Crippen LogP) is -0.0587. The molecule has 2 N–H and O–H groups in total. The van der Waals surface area contributed by atoms with E-state index in [1.807, 2.05) is 11.8 Å². The number of thioether (sulfide) groups is 1. The van der Waals surface area contributed by atoms with E-state index in [1.165, 1.54) is 0 Å². The van der Waals surface area contributed by atoms with Crippen molar-refractivity contribution in [2.75, 3.05) is 42.6 Å². The molecule has 0 saturated carbocycles. The van der Waals surface area contributed by atoms with Gasteiger partial charge >= 0.3 is 0 Å². The van der Waals surface area contributed by atoms with Gasteiger partial charge in [0, 0.05) is 36.7 Å². The van der Waals surface area contributed by atoms with Gasteiger partial charge in [0.2, 0.25) is 0 Å². The van der Waals surface area contributed by atoms with Gasteiger partial charge in [-0.3, -0.25) is 4.90 Å². The van der Waals surface area contributed by atoms with Crippen LogP contribution in [0, 0.1) is 0 Å². The van der Waals surface area contributed by atoms with Gasteiger partial charge in [-0.05, 0) is 12.8 Å². The van der Waals surface area contributed by atoms with E-state index in [1.54, 1.807) is 0 Å². The lowest BCUT2D eigenvalue weighted by atomic mass is 9.90. The Morgan fingerprint density at radius 1 is 1.19 bits per heavy atom. The van der Waals surface area contributed by atoms with Crippen LogP contribution in [0.5, 0.6) is 0 Å². The normalized spacial score (nSPS) is 30.1. The Labute approximate surface area is 102 Å². The van der Waals surface area contributed by atoms with E-state index in [0.29, 0.717) is 18.1 Å². The molecule has 2 aliphatic heterocycles. The third kappa shape index (κ3) is 2.55. The van der Waals surface area contributed by atoms with Gasteiger partial charge in [0.05, 0.1) is 11.5 Å². The summed E-state index contributed by atoms with van der Waals surface area (Å²) in [5.74, 6) is 2.92. The molecular formula is C10H20N2O2S2. The van der Waals surface area contributed by atoms with Crippen molar-refractivity contribution in [2.45, 2.75) is 18.4 Å². The van der Waals surface area contributed by atoms with Gasteiger partial charge in [0.1, 0.15) is 9.84 Å². The molecule has 0 spiro atoms. The molecule has 0 aromatic rings. The maximum absolute atomic E-state index is 11.5. The Hall–Kier alpha value is 0.220. The smallest absolute Gasteiger partial charge is 0.150 e. The fourth-order valence-corrected chi connectivity index (χ4v) is 5.09. The molecule has 2 saturated heterocycles. The van der Waals surface area contributed by atoms with Crippen LogP contribution in [0.2, 0.25) is 0 Å². The monoisotopic (exact) mass is 264 g/mol. The lowest BCUT2D eigenvalue weighted by Crippen LogP contribution is -2.59. The number of rotatable bonds is 2. The summed E-state index contributed by atoms with van der Waals surface area (Å²) < 4.78 is 22.9. The third-order valence-electron chi connectivity index (χ3n) is 3.82. The van der Waals surface area contributed by atoms with E-state index >= 15 is 0 Å². The summed E-state index contributed by atoms with van der Waals surface area (Å²) in [5, 5.41) is 0. The average Bonchev–Trinajstić information content (AvgIpc) is 2.31. The van der Waals surface area contributed by atoms with Crippen LogP contribution in [0.25, 0.3) is 0 Å². The lowest BCUT2D eigenvalue weighted by molar-refractivity contribution is 0.0946. The summed E-state index contributed by atoms with van der Waals surface area (Å²) in [6.07, 6.45) is 1.44. The van der Waals surface area contributed by atoms with Crippen LogP contribution in [-0.4, -0.2) is 61.5 Å². The Morgan fingerprint density at radius 2 is 1.75 bits per heavy atom. The highest BCUT2D eigenvalue weighted by Crippen LogP contribution is 2.31. The first kappa shape index (κ1) is 12.7. The van der Waals surface area contributed by atoms with Crippen LogP contribution in [0.15, 0.2) is 0 Å². The highest BCUT2D eigenvalue weighted by molar-refractivity contribution is 7.99. The molecule has 6 heteroatoms. The minimum Gasteiger partial charge on any atom is -0.329 e. The molecule has 16 heavy (non-hydrogen) atoms. The highest BCUT2D eigenvalue weighted by atomic mass is 32.2. The van der Waals surface area contributed by atoms with E-state index in [2.05, 4.69) is 4.90 Å². The van der Waals surface area contributed by atoms with E-state index in [0.717, 1.165) is 37.4 Å². The maximum atomic E-state index is 11.5. The van der Waals surface area contributed by atoms with Crippen molar-refractivity contribution in [3.05, 3.63) is 0 Å². The van der Waals surface area contributed by atoms with Crippen molar-refractivity contribution in [1.82, 2.24) is 4.90 Å². The fraction of sp³-hybridized carbons (Fsp3) is 1.00. The van der Waals surface area contributed by atoms with Crippen LogP contribution in [0.1, 0.15) is 12.8 Å². The molecule has 2 heterocycles. The molecule has 2 aliphatic rings. The predicted molar refractivity (Wildman–Crippen MR) is 68.6 cm³/mol. The van der Waals surface area contributed by atoms with Crippen molar-refractivity contribution in [3.63, 3.8) is 0 Å². The van der Waals surface area contributed by atoms with E-state index in [9.17, 15) is 8.42 Å². The van der Waals surface area contributed by atoms with Gasteiger partial charge in [0.15, 0.2) is 0 Å². The van der Waals surface area contributed by atoms with Crippen LogP contribution < -0.4 is 5.73 Å². The minimum atomic E-state index is -2.79. The first-order valence-corrected chi connectivity index (χ1v) is 8.79. The molecule has 0 amide bonds. The summed E-state index contributed by atoms with van der Waals surface area (Å²) in [6.45, 7) is 2.71. The highest BCUT2D eigenvalue weighted by Gasteiger charge is 2.41. The molecule has 94 valence electrons. The minimum absolute atomic E-state index is 0.0354. The van der Waals surface area contributed by atoms with Crippen LogP contribution in [-0.2, 0) is 9.84 Å². The molecule has 0 atom stereocenters. The Morgan fingerprint density at radius 3 is 2.25 bits per heavy atom. The zero-order chi connectivity index (χ0) is 11.6. The summed E-state index contributed by atoms with van der Waals surface area (Å²) >= 11 is 1.97. The molecule has 0 radical (unpaired) electrons. The van der Waals surface area contributed by atoms with Gasteiger partial charge in [0.25, 0.3) is 0 Å². The number of nitrogens with zero attached hydrogens (tertiary/aromatic N) is 1. The van der Waals surface area contributed by atoms with Crippen molar-refractivity contribution in [1.29, 1.82) is 0 Å². The lowest BCUT2D eigenvalue weighted by Gasteiger charge is -2.47. The zero-order valence-electron chi connectivity index (χ0n) is 9.52. The molecule has 2 rings (SSSR count). The van der Waals surface area contributed by atoms with E-state index in [-0.39, 0.29) is 5.54 Å². The molecule has 0 bridgehead atoms. The Bertz CT molecular complexity index is 323. The fourth-order valence-electron chi connectivity index (χ4n) is 2.61. The number of hydrogen-bond acceptors (Lipinski definition) is 5. The van der Waals surface area contributed by atoms with Crippen molar-refractivity contribution in [3.8, 4) is 0 Å².